The maximum Gasteiger partial charge on any atom is 0.273 e. The summed E-state index contributed by atoms with van der Waals surface area (Å²) >= 11 is 1.39. The molecular weight excluding hydrogens is 328 g/mol. The van der Waals surface area contributed by atoms with Gasteiger partial charge in [0, 0.05) is 19.0 Å². The Bertz CT molecular complexity index is 873. The molecule has 0 saturated carbocycles. The molecule has 24 heavy (non-hydrogen) atoms. The second kappa shape index (κ2) is 6.01. The van der Waals surface area contributed by atoms with Crippen molar-refractivity contribution in [3.63, 3.8) is 0 Å². The van der Waals surface area contributed by atoms with Gasteiger partial charge in [-0.05, 0) is 29.8 Å². The molecule has 2 aromatic heterocycles. The van der Waals surface area contributed by atoms with Crippen molar-refractivity contribution in [1.29, 1.82) is 0 Å². The van der Waals surface area contributed by atoms with Gasteiger partial charge < -0.3 is 18.8 Å². The third kappa shape index (κ3) is 2.74. The minimum absolute atomic E-state index is 0.137. The highest BCUT2D eigenvalue weighted by molar-refractivity contribution is 7.13. The minimum Gasteiger partial charge on any atom is -0.462 e. The van der Waals surface area contributed by atoms with E-state index in [1.165, 1.54) is 11.3 Å². The number of rotatable bonds is 4. The van der Waals surface area contributed by atoms with Crippen LogP contribution in [0.15, 0.2) is 46.4 Å². The number of carbonyl (C=O) groups excluding carboxylic acids is 1. The number of amides is 1. The number of aromatic nitrogens is 1. The van der Waals surface area contributed by atoms with Gasteiger partial charge in [-0.1, -0.05) is 6.07 Å². The van der Waals surface area contributed by atoms with Crippen LogP contribution in [0.4, 0.5) is 0 Å². The van der Waals surface area contributed by atoms with Crippen molar-refractivity contribution in [3.05, 3.63) is 53.2 Å². The lowest BCUT2D eigenvalue weighted by Crippen LogP contribution is -2.26. The Kier molecular flexibility index (Phi) is 3.70. The van der Waals surface area contributed by atoms with Crippen LogP contribution in [-0.2, 0) is 6.54 Å². The summed E-state index contributed by atoms with van der Waals surface area (Å²) in [5.74, 6) is 1.97. The summed E-state index contributed by atoms with van der Waals surface area (Å²) in [6, 6.07) is 9.29. The summed E-state index contributed by atoms with van der Waals surface area (Å²) in [5.41, 5.74) is 1.38. The zero-order valence-corrected chi connectivity index (χ0v) is 13.7. The summed E-state index contributed by atoms with van der Waals surface area (Å²) in [6.07, 6.45) is 1.59. The number of hydrogen-bond acceptors (Lipinski definition) is 6. The first-order valence-electron chi connectivity index (χ1n) is 7.34. The number of benzene rings is 1. The molecule has 0 atom stereocenters. The van der Waals surface area contributed by atoms with Crippen LogP contribution in [0.1, 0.15) is 16.1 Å². The lowest BCUT2D eigenvalue weighted by Gasteiger charge is -2.16. The molecule has 6 nitrogen and oxygen atoms in total. The monoisotopic (exact) mass is 342 g/mol. The summed E-state index contributed by atoms with van der Waals surface area (Å²) in [4.78, 5) is 18.5. The van der Waals surface area contributed by atoms with Crippen LogP contribution in [0, 0.1) is 0 Å². The number of fused-ring (bicyclic) bond motifs is 1. The zero-order chi connectivity index (χ0) is 16.5. The normalized spacial score (nSPS) is 12.4. The first kappa shape index (κ1) is 14.8. The summed E-state index contributed by atoms with van der Waals surface area (Å²) in [6.45, 7) is 0.699. The summed E-state index contributed by atoms with van der Waals surface area (Å²) in [7, 11) is 1.75. The van der Waals surface area contributed by atoms with E-state index in [2.05, 4.69) is 4.98 Å². The van der Waals surface area contributed by atoms with E-state index in [9.17, 15) is 4.79 Å². The standard InChI is InChI=1S/C17H14N2O4S/c1-19(8-11-4-5-13-15(7-11)23-10-22-13)17(20)12-9-24-16(18-12)14-3-2-6-21-14/h2-7,9H,8,10H2,1H3. The van der Waals surface area contributed by atoms with Gasteiger partial charge in [0.2, 0.25) is 6.79 Å². The molecule has 122 valence electrons. The molecule has 3 aromatic rings. The predicted octanol–water partition coefficient (Wildman–Crippen LogP) is 3.40. The van der Waals surface area contributed by atoms with Gasteiger partial charge in [0.05, 0.1) is 6.26 Å². The van der Waals surface area contributed by atoms with Crippen molar-refractivity contribution < 1.29 is 18.7 Å². The number of hydrogen-bond donors (Lipinski definition) is 0. The maximum absolute atomic E-state index is 12.5. The lowest BCUT2D eigenvalue weighted by atomic mass is 10.2. The topological polar surface area (TPSA) is 64.8 Å². The molecule has 0 N–H and O–H groups in total. The van der Waals surface area contributed by atoms with Gasteiger partial charge >= 0.3 is 0 Å². The lowest BCUT2D eigenvalue weighted by molar-refractivity contribution is 0.0780. The quantitative estimate of drug-likeness (QED) is 0.727. The molecule has 0 aliphatic carbocycles. The molecule has 0 spiro atoms. The minimum atomic E-state index is -0.137. The number of furan rings is 1. The predicted molar refractivity (Wildman–Crippen MR) is 88.2 cm³/mol. The highest BCUT2D eigenvalue weighted by Gasteiger charge is 2.19. The summed E-state index contributed by atoms with van der Waals surface area (Å²) < 4.78 is 16.0. The van der Waals surface area contributed by atoms with Crippen molar-refractivity contribution in [1.82, 2.24) is 9.88 Å². The van der Waals surface area contributed by atoms with E-state index in [-0.39, 0.29) is 12.7 Å². The van der Waals surface area contributed by atoms with E-state index in [1.54, 1.807) is 29.7 Å². The molecular formula is C17H14N2O4S. The Hall–Kier alpha value is -2.80. The van der Waals surface area contributed by atoms with E-state index < -0.39 is 0 Å². The van der Waals surface area contributed by atoms with Crippen LogP contribution < -0.4 is 9.47 Å². The number of thiazole rings is 1. The Balaban J connectivity index is 1.48. The second-order valence-corrected chi connectivity index (χ2v) is 6.22. The van der Waals surface area contributed by atoms with Gasteiger partial charge in [0.25, 0.3) is 5.91 Å². The van der Waals surface area contributed by atoms with Gasteiger partial charge in [-0.15, -0.1) is 11.3 Å². The molecule has 0 radical (unpaired) electrons. The average Bonchev–Trinajstić information content (AvgIpc) is 3.32. The van der Waals surface area contributed by atoms with Crippen LogP contribution in [0.5, 0.6) is 11.5 Å². The van der Waals surface area contributed by atoms with Gasteiger partial charge in [-0.3, -0.25) is 4.79 Å². The highest BCUT2D eigenvalue weighted by atomic mass is 32.1. The Morgan fingerprint density at radius 2 is 2.17 bits per heavy atom. The summed E-state index contributed by atoms with van der Waals surface area (Å²) in [5, 5.41) is 2.44. The van der Waals surface area contributed by atoms with Gasteiger partial charge in [-0.25, -0.2) is 4.98 Å². The van der Waals surface area contributed by atoms with Crippen LogP contribution in [0.2, 0.25) is 0 Å². The van der Waals surface area contributed by atoms with E-state index in [4.69, 9.17) is 13.9 Å². The molecule has 0 bridgehead atoms. The number of ether oxygens (including phenoxy) is 2. The maximum atomic E-state index is 12.5. The van der Waals surface area contributed by atoms with Gasteiger partial charge in [-0.2, -0.15) is 0 Å². The third-order valence-corrected chi connectivity index (χ3v) is 4.52. The second-order valence-electron chi connectivity index (χ2n) is 5.36. The van der Waals surface area contributed by atoms with E-state index >= 15 is 0 Å². The van der Waals surface area contributed by atoms with Crippen molar-refractivity contribution >= 4 is 17.2 Å². The van der Waals surface area contributed by atoms with Crippen molar-refractivity contribution in [2.24, 2.45) is 0 Å². The molecule has 4 rings (SSSR count). The molecule has 1 aromatic carbocycles. The fourth-order valence-electron chi connectivity index (χ4n) is 2.47. The first-order chi connectivity index (χ1) is 11.7. The highest BCUT2D eigenvalue weighted by Crippen LogP contribution is 2.33. The number of carbonyl (C=O) groups is 1. The SMILES string of the molecule is CN(Cc1ccc2c(c1)OCO2)C(=O)c1csc(-c2ccco2)n1. The smallest absolute Gasteiger partial charge is 0.273 e. The fourth-order valence-corrected chi connectivity index (χ4v) is 3.23. The van der Waals surface area contributed by atoms with E-state index in [0.29, 0.717) is 28.8 Å². The largest absolute Gasteiger partial charge is 0.462 e. The average molecular weight is 342 g/mol. The van der Waals surface area contributed by atoms with E-state index in [1.807, 2.05) is 24.3 Å². The van der Waals surface area contributed by atoms with Crippen molar-refractivity contribution in [3.8, 4) is 22.3 Å². The van der Waals surface area contributed by atoms with Crippen molar-refractivity contribution in [2.45, 2.75) is 6.54 Å². The Morgan fingerprint density at radius 3 is 3.00 bits per heavy atom. The zero-order valence-electron chi connectivity index (χ0n) is 12.9. The molecule has 1 amide bonds. The molecule has 1 aliphatic rings. The molecule has 0 unspecified atom stereocenters. The van der Waals surface area contributed by atoms with Crippen LogP contribution >= 0.6 is 11.3 Å². The van der Waals surface area contributed by atoms with Gasteiger partial charge in [0.15, 0.2) is 22.3 Å². The molecule has 0 fully saturated rings. The van der Waals surface area contributed by atoms with Crippen LogP contribution in [0.25, 0.3) is 10.8 Å². The molecule has 0 saturated heterocycles. The van der Waals surface area contributed by atoms with E-state index in [0.717, 1.165) is 11.3 Å². The fraction of sp³-hybridized carbons (Fsp3) is 0.176. The Morgan fingerprint density at radius 1 is 1.29 bits per heavy atom. The Labute approximate surface area is 142 Å². The van der Waals surface area contributed by atoms with Gasteiger partial charge in [0.1, 0.15) is 5.69 Å². The first-order valence-corrected chi connectivity index (χ1v) is 8.22. The number of nitrogens with zero attached hydrogens (tertiary/aromatic N) is 2. The van der Waals surface area contributed by atoms with Crippen molar-refractivity contribution in [2.75, 3.05) is 13.8 Å². The third-order valence-electron chi connectivity index (χ3n) is 3.66. The van der Waals surface area contributed by atoms with Crippen LogP contribution in [-0.4, -0.2) is 29.6 Å². The molecule has 1 aliphatic heterocycles. The molecule has 7 heteroatoms. The molecule has 3 heterocycles. The van der Waals surface area contributed by atoms with Crippen LogP contribution in [0.3, 0.4) is 0 Å².